The van der Waals surface area contributed by atoms with Crippen molar-refractivity contribution in [2.75, 3.05) is 13.2 Å². The van der Waals surface area contributed by atoms with Gasteiger partial charge in [0.05, 0.1) is 6.61 Å². The van der Waals surface area contributed by atoms with Gasteiger partial charge in [0.2, 0.25) is 0 Å². The van der Waals surface area contributed by atoms with Crippen LogP contribution < -0.4 is 5.73 Å². The van der Waals surface area contributed by atoms with Crippen molar-refractivity contribution in [2.24, 2.45) is 17.1 Å². The maximum atomic E-state index is 8.88. The fourth-order valence-corrected chi connectivity index (χ4v) is 1.52. The Kier molecular flexibility index (Phi) is 1.78. The highest BCUT2D eigenvalue weighted by molar-refractivity contribution is 5.01. The predicted octanol–water partition coefficient (Wildman–Crippen LogP) is 0.354. The number of hydrogen-bond acceptors (Lipinski definition) is 2. The second kappa shape index (κ2) is 2.27. The molecule has 0 saturated heterocycles. The lowest BCUT2D eigenvalue weighted by atomic mass is 10.0. The first-order valence-electron chi connectivity index (χ1n) is 3.60. The molecule has 2 atom stereocenters. The molecule has 2 nitrogen and oxygen atoms in total. The minimum absolute atomic E-state index is 0.134. The zero-order valence-electron chi connectivity index (χ0n) is 5.93. The third kappa shape index (κ3) is 0.970. The molecule has 0 amide bonds. The van der Waals surface area contributed by atoms with Crippen molar-refractivity contribution in [3.05, 3.63) is 0 Å². The van der Waals surface area contributed by atoms with E-state index in [4.69, 9.17) is 10.8 Å². The van der Waals surface area contributed by atoms with Crippen LogP contribution in [0.2, 0.25) is 0 Å². The van der Waals surface area contributed by atoms with E-state index in [2.05, 4.69) is 6.92 Å². The molecule has 1 aliphatic rings. The molecule has 0 aromatic heterocycles. The van der Waals surface area contributed by atoms with E-state index in [0.29, 0.717) is 12.5 Å². The molecule has 0 aromatic carbocycles. The standard InChI is InChI=1S/C7H15NO/c1-2-6-3-7(6,4-8)5-9/h6,9H,2-5,8H2,1H3. The van der Waals surface area contributed by atoms with Crippen molar-refractivity contribution in [1.82, 2.24) is 0 Å². The minimum atomic E-state index is 0.134. The lowest BCUT2D eigenvalue weighted by Gasteiger charge is -2.08. The predicted molar refractivity (Wildman–Crippen MR) is 37.0 cm³/mol. The monoisotopic (exact) mass is 129 g/mol. The first-order valence-corrected chi connectivity index (χ1v) is 3.60. The van der Waals surface area contributed by atoms with Crippen molar-refractivity contribution in [3.8, 4) is 0 Å². The second-order valence-corrected chi connectivity index (χ2v) is 3.03. The molecule has 2 heteroatoms. The molecular weight excluding hydrogens is 114 g/mol. The van der Waals surface area contributed by atoms with Crippen LogP contribution in [0, 0.1) is 11.3 Å². The Morgan fingerprint density at radius 2 is 2.44 bits per heavy atom. The van der Waals surface area contributed by atoms with E-state index in [1.807, 2.05) is 0 Å². The van der Waals surface area contributed by atoms with E-state index < -0.39 is 0 Å². The van der Waals surface area contributed by atoms with Crippen LogP contribution in [0.15, 0.2) is 0 Å². The Hall–Kier alpha value is -0.0800. The molecule has 1 fully saturated rings. The number of aliphatic hydroxyl groups excluding tert-OH is 1. The molecule has 3 N–H and O–H groups in total. The molecule has 1 saturated carbocycles. The SMILES string of the molecule is CCC1CC1(CN)CO. The quantitative estimate of drug-likeness (QED) is 0.577. The number of hydrogen-bond donors (Lipinski definition) is 2. The summed E-state index contributed by atoms with van der Waals surface area (Å²) < 4.78 is 0. The first kappa shape index (κ1) is 7.03. The van der Waals surface area contributed by atoms with Gasteiger partial charge in [-0.1, -0.05) is 13.3 Å². The van der Waals surface area contributed by atoms with Crippen molar-refractivity contribution in [3.63, 3.8) is 0 Å². The zero-order chi connectivity index (χ0) is 6.91. The van der Waals surface area contributed by atoms with Crippen LogP contribution in [0.5, 0.6) is 0 Å². The van der Waals surface area contributed by atoms with E-state index in [1.165, 1.54) is 0 Å². The highest BCUT2D eigenvalue weighted by Gasteiger charge is 2.50. The van der Waals surface area contributed by atoms with Crippen LogP contribution in [-0.4, -0.2) is 18.3 Å². The Morgan fingerprint density at radius 3 is 2.56 bits per heavy atom. The Morgan fingerprint density at radius 1 is 1.78 bits per heavy atom. The fraction of sp³-hybridized carbons (Fsp3) is 1.00. The molecule has 0 heterocycles. The summed E-state index contributed by atoms with van der Waals surface area (Å²) in [7, 11) is 0. The van der Waals surface area contributed by atoms with Crippen LogP contribution in [0.25, 0.3) is 0 Å². The minimum Gasteiger partial charge on any atom is -0.396 e. The van der Waals surface area contributed by atoms with Crippen LogP contribution in [0.4, 0.5) is 0 Å². The molecule has 0 aromatic rings. The van der Waals surface area contributed by atoms with Crippen LogP contribution >= 0.6 is 0 Å². The summed E-state index contributed by atoms with van der Waals surface area (Å²) in [5.41, 5.74) is 5.62. The topological polar surface area (TPSA) is 46.2 Å². The van der Waals surface area contributed by atoms with E-state index in [0.717, 1.165) is 12.8 Å². The summed E-state index contributed by atoms with van der Waals surface area (Å²) in [5, 5.41) is 8.88. The Bertz CT molecular complexity index is 99.1. The van der Waals surface area contributed by atoms with Crippen LogP contribution in [0.3, 0.4) is 0 Å². The molecule has 2 unspecified atom stereocenters. The highest BCUT2D eigenvalue weighted by Crippen LogP contribution is 2.52. The van der Waals surface area contributed by atoms with Gasteiger partial charge in [-0.25, -0.2) is 0 Å². The van der Waals surface area contributed by atoms with E-state index in [-0.39, 0.29) is 12.0 Å². The third-order valence-electron chi connectivity index (χ3n) is 2.57. The first-order chi connectivity index (χ1) is 4.29. The maximum Gasteiger partial charge on any atom is 0.0502 e. The average Bonchev–Trinajstić information content (AvgIpc) is 2.63. The van der Waals surface area contributed by atoms with Gasteiger partial charge in [0, 0.05) is 12.0 Å². The highest BCUT2D eigenvalue weighted by atomic mass is 16.3. The summed E-state index contributed by atoms with van der Waals surface area (Å²) in [6.45, 7) is 3.09. The molecule has 0 radical (unpaired) electrons. The van der Waals surface area contributed by atoms with Crippen molar-refractivity contribution in [2.45, 2.75) is 19.8 Å². The lowest BCUT2D eigenvalue weighted by molar-refractivity contribution is 0.202. The Labute approximate surface area is 56.1 Å². The van der Waals surface area contributed by atoms with Crippen molar-refractivity contribution >= 4 is 0 Å². The van der Waals surface area contributed by atoms with Gasteiger partial charge in [0.15, 0.2) is 0 Å². The maximum absolute atomic E-state index is 8.88. The summed E-state index contributed by atoms with van der Waals surface area (Å²) in [5.74, 6) is 0.701. The molecule has 54 valence electrons. The Balaban J connectivity index is 2.37. The summed E-state index contributed by atoms with van der Waals surface area (Å²) >= 11 is 0. The van der Waals surface area contributed by atoms with Gasteiger partial charge in [0.25, 0.3) is 0 Å². The lowest BCUT2D eigenvalue weighted by Crippen LogP contribution is -2.21. The van der Waals surface area contributed by atoms with Gasteiger partial charge >= 0.3 is 0 Å². The molecule has 9 heavy (non-hydrogen) atoms. The normalized spacial score (nSPS) is 41.0. The molecule has 0 bridgehead atoms. The summed E-state index contributed by atoms with van der Waals surface area (Å²) in [6, 6.07) is 0. The summed E-state index contributed by atoms with van der Waals surface area (Å²) in [6.07, 6.45) is 2.30. The fourth-order valence-electron chi connectivity index (χ4n) is 1.52. The molecule has 0 spiro atoms. The van der Waals surface area contributed by atoms with Crippen LogP contribution in [-0.2, 0) is 0 Å². The second-order valence-electron chi connectivity index (χ2n) is 3.03. The molecule has 1 aliphatic carbocycles. The van der Waals surface area contributed by atoms with E-state index in [9.17, 15) is 0 Å². The molecular formula is C7H15NO. The van der Waals surface area contributed by atoms with Crippen molar-refractivity contribution < 1.29 is 5.11 Å². The smallest absolute Gasteiger partial charge is 0.0502 e. The van der Waals surface area contributed by atoms with Crippen molar-refractivity contribution in [1.29, 1.82) is 0 Å². The number of rotatable bonds is 3. The van der Waals surface area contributed by atoms with Gasteiger partial charge in [-0.15, -0.1) is 0 Å². The van der Waals surface area contributed by atoms with Gasteiger partial charge < -0.3 is 10.8 Å². The van der Waals surface area contributed by atoms with Crippen LogP contribution in [0.1, 0.15) is 19.8 Å². The summed E-state index contributed by atoms with van der Waals surface area (Å²) in [4.78, 5) is 0. The molecule has 1 rings (SSSR count). The number of nitrogens with two attached hydrogens (primary N) is 1. The van der Waals surface area contributed by atoms with E-state index >= 15 is 0 Å². The third-order valence-corrected chi connectivity index (χ3v) is 2.57. The largest absolute Gasteiger partial charge is 0.396 e. The van der Waals surface area contributed by atoms with Gasteiger partial charge in [0.1, 0.15) is 0 Å². The van der Waals surface area contributed by atoms with Gasteiger partial charge in [-0.3, -0.25) is 0 Å². The van der Waals surface area contributed by atoms with Gasteiger partial charge in [-0.05, 0) is 12.3 Å². The molecule has 0 aliphatic heterocycles. The number of aliphatic hydroxyl groups is 1. The zero-order valence-corrected chi connectivity index (χ0v) is 5.93. The average molecular weight is 129 g/mol. The van der Waals surface area contributed by atoms with E-state index in [1.54, 1.807) is 0 Å². The van der Waals surface area contributed by atoms with Gasteiger partial charge in [-0.2, -0.15) is 0 Å².